The normalized spacial score (nSPS) is 13.8. The Morgan fingerprint density at radius 2 is 2.27 bits per heavy atom. The molecular formula is C9H15NO. The molecule has 0 bridgehead atoms. The quantitative estimate of drug-likeness (QED) is 0.681. The lowest BCUT2D eigenvalue weighted by atomic mass is 9.94. The van der Waals surface area contributed by atoms with E-state index in [1.165, 1.54) is 0 Å². The van der Waals surface area contributed by atoms with E-state index in [2.05, 4.69) is 18.8 Å². The van der Waals surface area contributed by atoms with Gasteiger partial charge in [0.2, 0.25) is 0 Å². The van der Waals surface area contributed by atoms with Crippen LogP contribution in [0.3, 0.4) is 0 Å². The standard InChI is InChI=1S/C9H15NO/c1-7(2)8(6-11)9-4-3-5-10-9/h3-5,7-8,10-11H,6H2,1-2H3. The monoisotopic (exact) mass is 153 g/mol. The van der Waals surface area contributed by atoms with Crippen molar-refractivity contribution >= 4 is 0 Å². The van der Waals surface area contributed by atoms with Crippen molar-refractivity contribution in [2.45, 2.75) is 19.8 Å². The predicted molar refractivity (Wildman–Crippen MR) is 45.5 cm³/mol. The Labute approximate surface area is 67.3 Å². The zero-order valence-corrected chi connectivity index (χ0v) is 7.04. The van der Waals surface area contributed by atoms with Gasteiger partial charge in [0.05, 0.1) is 6.61 Å². The van der Waals surface area contributed by atoms with Gasteiger partial charge in [0.25, 0.3) is 0 Å². The maximum absolute atomic E-state index is 9.05. The van der Waals surface area contributed by atoms with E-state index in [1.54, 1.807) is 0 Å². The van der Waals surface area contributed by atoms with Crippen molar-refractivity contribution < 1.29 is 5.11 Å². The Bertz CT molecular complexity index is 191. The topological polar surface area (TPSA) is 36.0 Å². The number of rotatable bonds is 3. The van der Waals surface area contributed by atoms with Crippen molar-refractivity contribution in [2.24, 2.45) is 5.92 Å². The fourth-order valence-corrected chi connectivity index (χ4v) is 1.24. The third-order valence-electron chi connectivity index (χ3n) is 2.02. The van der Waals surface area contributed by atoms with Crippen LogP contribution in [0.15, 0.2) is 18.3 Å². The van der Waals surface area contributed by atoms with E-state index >= 15 is 0 Å². The average molecular weight is 153 g/mol. The molecule has 0 fully saturated rings. The highest BCUT2D eigenvalue weighted by atomic mass is 16.3. The zero-order chi connectivity index (χ0) is 8.27. The predicted octanol–water partition coefficient (Wildman–Crippen LogP) is 1.75. The second-order valence-corrected chi connectivity index (χ2v) is 3.16. The maximum atomic E-state index is 9.05. The molecule has 1 aromatic rings. The third-order valence-corrected chi connectivity index (χ3v) is 2.02. The molecule has 11 heavy (non-hydrogen) atoms. The molecule has 62 valence electrons. The van der Waals surface area contributed by atoms with Gasteiger partial charge in [-0.2, -0.15) is 0 Å². The van der Waals surface area contributed by atoms with Gasteiger partial charge >= 0.3 is 0 Å². The Morgan fingerprint density at radius 3 is 2.64 bits per heavy atom. The highest BCUT2D eigenvalue weighted by Crippen LogP contribution is 2.21. The van der Waals surface area contributed by atoms with Gasteiger partial charge in [-0.25, -0.2) is 0 Å². The summed E-state index contributed by atoms with van der Waals surface area (Å²) in [5, 5.41) is 9.05. The van der Waals surface area contributed by atoms with Crippen molar-refractivity contribution in [3.8, 4) is 0 Å². The van der Waals surface area contributed by atoms with E-state index in [4.69, 9.17) is 5.11 Å². The van der Waals surface area contributed by atoms with Crippen molar-refractivity contribution in [3.05, 3.63) is 24.0 Å². The van der Waals surface area contributed by atoms with Gasteiger partial charge in [-0.05, 0) is 18.1 Å². The summed E-state index contributed by atoms with van der Waals surface area (Å²) in [6.07, 6.45) is 1.89. The summed E-state index contributed by atoms with van der Waals surface area (Å²) in [6, 6.07) is 3.97. The van der Waals surface area contributed by atoms with E-state index in [0.717, 1.165) is 5.69 Å². The summed E-state index contributed by atoms with van der Waals surface area (Å²) in [5.41, 5.74) is 1.13. The Hall–Kier alpha value is -0.760. The maximum Gasteiger partial charge on any atom is 0.0516 e. The first kappa shape index (κ1) is 8.34. The third kappa shape index (κ3) is 1.84. The number of hydrogen-bond acceptors (Lipinski definition) is 1. The first-order chi connectivity index (χ1) is 5.25. The summed E-state index contributed by atoms with van der Waals surface area (Å²) < 4.78 is 0. The molecule has 0 aromatic carbocycles. The van der Waals surface area contributed by atoms with Crippen LogP contribution in [0.25, 0.3) is 0 Å². The van der Waals surface area contributed by atoms with Crippen molar-refractivity contribution in [1.29, 1.82) is 0 Å². The van der Waals surface area contributed by atoms with E-state index < -0.39 is 0 Å². The molecule has 0 aliphatic heterocycles. The van der Waals surface area contributed by atoms with Crippen LogP contribution in [-0.2, 0) is 0 Å². The van der Waals surface area contributed by atoms with Crippen LogP contribution < -0.4 is 0 Å². The van der Waals surface area contributed by atoms with Gasteiger partial charge in [0.1, 0.15) is 0 Å². The van der Waals surface area contributed by atoms with Crippen molar-refractivity contribution in [3.63, 3.8) is 0 Å². The SMILES string of the molecule is CC(C)C(CO)c1ccc[nH]1. The van der Waals surface area contributed by atoms with Crippen molar-refractivity contribution in [1.82, 2.24) is 4.98 Å². The van der Waals surface area contributed by atoms with Gasteiger partial charge in [-0.15, -0.1) is 0 Å². The van der Waals surface area contributed by atoms with Gasteiger partial charge < -0.3 is 10.1 Å². The summed E-state index contributed by atoms with van der Waals surface area (Å²) in [6.45, 7) is 4.45. The second kappa shape index (κ2) is 3.58. The van der Waals surface area contributed by atoms with E-state index in [9.17, 15) is 0 Å². The van der Waals surface area contributed by atoms with Gasteiger partial charge in [-0.1, -0.05) is 13.8 Å². The number of aromatic nitrogens is 1. The van der Waals surface area contributed by atoms with Gasteiger partial charge in [0, 0.05) is 17.8 Å². The van der Waals surface area contributed by atoms with Crippen LogP contribution in [0.5, 0.6) is 0 Å². The fraction of sp³-hybridized carbons (Fsp3) is 0.556. The van der Waals surface area contributed by atoms with E-state index in [0.29, 0.717) is 5.92 Å². The van der Waals surface area contributed by atoms with Crippen LogP contribution in [0.1, 0.15) is 25.5 Å². The van der Waals surface area contributed by atoms with Gasteiger partial charge in [0.15, 0.2) is 0 Å². The molecular weight excluding hydrogens is 138 g/mol. The minimum Gasteiger partial charge on any atom is -0.396 e. The number of aliphatic hydroxyl groups excluding tert-OH is 1. The summed E-state index contributed by atoms with van der Waals surface area (Å²) >= 11 is 0. The molecule has 0 saturated heterocycles. The lowest BCUT2D eigenvalue weighted by Gasteiger charge is -2.16. The molecule has 2 N–H and O–H groups in total. The van der Waals surface area contributed by atoms with Crippen LogP contribution in [0.2, 0.25) is 0 Å². The summed E-state index contributed by atoms with van der Waals surface area (Å²) in [7, 11) is 0. The first-order valence-electron chi connectivity index (χ1n) is 4.00. The van der Waals surface area contributed by atoms with Crippen LogP contribution in [0.4, 0.5) is 0 Å². The van der Waals surface area contributed by atoms with E-state index in [1.807, 2.05) is 18.3 Å². The molecule has 1 unspecified atom stereocenters. The molecule has 0 spiro atoms. The highest BCUT2D eigenvalue weighted by molar-refractivity contribution is 5.10. The summed E-state index contributed by atoms with van der Waals surface area (Å²) in [4.78, 5) is 3.11. The molecule has 0 radical (unpaired) electrons. The number of H-pyrrole nitrogens is 1. The molecule has 0 aliphatic carbocycles. The number of nitrogens with one attached hydrogen (secondary N) is 1. The molecule has 2 nitrogen and oxygen atoms in total. The molecule has 2 heteroatoms. The number of aromatic amines is 1. The van der Waals surface area contributed by atoms with E-state index in [-0.39, 0.29) is 12.5 Å². The molecule has 0 amide bonds. The molecule has 0 aliphatic rings. The average Bonchev–Trinajstić information content (AvgIpc) is 2.40. The summed E-state index contributed by atoms with van der Waals surface area (Å²) in [5.74, 6) is 0.739. The molecule has 1 rings (SSSR count). The Morgan fingerprint density at radius 1 is 1.55 bits per heavy atom. The second-order valence-electron chi connectivity index (χ2n) is 3.16. The minimum atomic E-state index is 0.220. The fourth-order valence-electron chi connectivity index (χ4n) is 1.24. The lowest BCUT2D eigenvalue weighted by Crippen LogP contribution is -2.11. The van der Waals surface area contributed by atoms with Gasteiger partial charge in [-0.3, -0.25) is 0 Å². The minimum absolute atomic E-state index is 0.220. The molecule has 1 atom stereocenters. The Kier molecular flexibility index (Phi) is 2.71. The lowest BCUT2D eigenvalue weighted by molar-refractivity contribution is 0.235. The Balaban J connectivity index is 2.71. The molecule has 1 heterocycles. The number of hydrogen-bond donors (Lipinski definition) is 2. The number of aliphatic hydroxyl groups is 1. The first-order valence-corrected chi connectivity index (χ1v) is 4.00. The van der Waals surface area contributed by atoms with Crippen molar-refractivity contribution in [2.75, 3.05) is 6.61 Å². The zero-order valence-electron chi connectivity index (χ0n) is 7.04. The molecule has 0 saturated carbocycles. The highest BCUT2D eigenvalue weighted by Gasteiger charge is 2.14. The smallest absolute Gasteiger partial charge is 0.0516 e. The molecule has 1 aromatic heterocycles. The largest absolute Gasteiger partial charge is 0.396 e. The van der Waals surface area contributed by atoms with Crippen LogP contribution >= 0.6 is 0 Å². The van der Waals surface area contributed by atoms with Crippen LogP contribution in [-0.4, -0.2) is 16.7 Å². The van der Waals surface area contributed by atoms with Crippen LogP contribution in [0, 0.1) is 5.92 Å².